The first-order valence-electron chi connectivity index (χ1n) is 9.90. The molecule has 152 valence electrons. The van der Waals surface area contributed by atoms with Crippen LogP contribution in [0.2, 0.25) is 0 Å². The Kier molecular flexibility index (Phi) is 6.91. The first-order valence-corrected chi connectivity index (χ1v) is 9.90. The van der Waals surface area contributed by atoms with Crippen LogP contribution in [0.3, 0.4) is 0 Å². The largest absolute Gasteiger partial charge is 0.354 e. The Labute approximate surface area is 171 Å². The van der Waals surface area contributed by atoms with Crippen molar-refractivity contribution in [2.24, 2.45) is 5.92 Å². The van der Waals surface area contributed by atoms with Gasteiger partial charge in [-0.2, -0.15) is 0 Å². The summed E-state index contributed by atoms with van der Waals surface area (Å²) in [6.07, 6.45) is 8.04. The van der Waals surface area contributed by atoms with Crippen molar-refractivity contribution in [2.45, 2.75) is 38.1 Å². The van der Waals surface area contributed by atoms with E-state index >= 15 is 0 Å². The Hall–Kier alpha value is -2.12. The molecule has 0 aliphatic carbocycles. The lowest BCUT2D eigenvalue weighted by Crippen LogP contribution is -2.47. The molecule has 0 spiro atoms. The standard InChI is InChI=1S/C20H27N5O2.ClH/c26-18(10-15-12-23-19-16(15)5-1-8-22-19)25-9-3-4-14(13-25)11-24-20(27)17-6-2-7-21-17;/h1,5,8,12,14,17,21H,2-4,6-7,9-11,13H2,(H,22,23)(H,24,27);1H. The van der Waals surface area contributed by atoms with Crippen LogP contribution in [-0.2, 0) is 16.0 Å². The van der Waals surface area contributed by atoms with Gasteiger partial charge in [-0.25, -0.2) is 4.98 Å². The van der Waals surface area contributed by atoms with Gasteiger partial charge < -0.3 is 20.5 Å². The van der Waals surface area contributed by atoms with Gasteiger partial charge in [0.25, 0.3) is 0 Å². The highest BCUT2D eigenvalue weighted by Crippen LogP contribution is 2.20. The molecule has 2 saturated heterocycles. The molecular weight excluding hydrogens is 378 g/mol. The van der Waals surface area contributed by atoms with Crippen LogP contribution < -0.4 is 10.6 Å². The molecule has 2 unspecified atom stereocenters. The van der Waals surface area contributed by atoms with Gasteiger partial charge in [0.1, 0.15) is 5.65 Å². The van der Waals surface area contributed by atoms with Crippen molar-refractivity contribution >= 4 is 35.3 Å². The highest BCUT2D eigenvalue weighted by Gasteiger charge is 2.26. The van der Waals surface area contributed by atoms with E-state index in [0.29, 0.717) is 18.9 Å². The number of hydrogen-bond donors (Lipinski definition) is 3. The van der Waals surface area contributed by atoms with Gasteiger partial charge in [-0.1, -0.05) is 0 Å². The minimum atomic E-state index is -0.0400. The zero-order chi connectivity index (χ0) is 18.6. The number of likely N-dealkylation sites (tertiary alicyclic amines) is 1. The summed E-state index contributed by atoms with van der Waals surface area (Å²) in [4.78, 5) is 34.3. The summed E-state index contributed by atoms with van der Waals surface area (Å²) < 4.78 is 0. The molecule has 2 aromatic heterocycles. The number of pyridine rings is 1. The fraction of sp³-hybridized carbons (Fsp3) is 0.550. The van der Waals surface area contributed by atoms with E-state index in [1.165, 1.54) is 0 Å². The van der Waals surface area contributed by atoms with Crippen molar-refractivity contribution in [1.29, 1.82) is 0 Å². The number of aromatic amines is 1. The Morgan fingerprint density at radius 1 is 1.29 bits per heavy atom. The SMILES string of the molecule is Cl.O=C(NCC1CCCN(C(=O)Cc2c[nH]c3ncccc23)C1)C1CCCN1. The van der Waals surface area contributed by atoms with Gasteiger partial charge >= 0.3 is 0 Å². The number of rotatable bonds is 5. The van der Waals surface area contributed by atoms with Gasteiger partial charge in [0.05, 0.1) is 12.5 Å². The average molecular weight is 406 g/mol. The minimum absolute atomic E-state index is 0. The molecular formula is C20H28ClN5O2. The lowest BCUT2D eigenvalue weighted by atomic mass is 9.97. The zero-order valence-electron chi connectivity index (χ0n) is 15.9. The number of H-pyrrole nitrogens is 1. The minimum Gasteiger partial charge on any atom is -0.354 e. The van der Waals surface area contributed by atoms with Crippen molar-refractivity contribution in [2.75, 3.05) is 26.2 Å². The number of piperidine rings is 1. The number of carbonyl (C=O) groups excluding carboxylic acids is 2. The van der Waals surface area contributed by atoms with E-state index in [2.05, 4.69) is 20.6 Å². The molecule has 7 nitrogen and oxygen atoms in total. The van der Waals surface area contributed by atoms with Gasteiger partial charge in [0.2, 0.25) is 11.8 Å². The molecule has 2 atom stereocenters. The van der Waals surface area contributed by atoms with Gasteiger partial charge in [0.15, 0.2) is 0 Å². The summed E-state index contributed by atoms with van der Waals surface area (Å²) in [6, 6.07) is 3.84. The molecule has 2 fully saturated rings. The Morgan fingerprint density at radius 3 is 3.00 bits per heavy atom. The number of nitrogens with zero attached hydrogens (tertiary/aromatic N) is 2. The number of amides is 2. The van der Waals surface area contributed by atoms with Crippen LogP contribution in [0.1, 0.15) is 31.2 Å². The molecule has 2 amide bonds. The van der Waals surface area contributed by atoms with Crippen molar-refractivity contribution < 1.29 is 9.59 Å². The van der Waals surface area contributed by atoms with Crippen molar-refractivity contribution in [1.82, 2.24) is 25.5 Å². The van der Waals surface area contributed by atoms with E-state index < -0.39 is 0 Å². The Morgan fingerprint density at radius 2 is 2.18 bits per heavy atom. The van der Waals surface area contributed by atoms with Crippen molar-refractivity contribution in [3.05, 3.63) is 30.1 Å². The van der Waals surface area contributed by atoms with Crippen LogP contribution in [-0.4, -0.2) is 58.9 Å². The van der Waals surface area contributed by atoms with Crippen LogP contribution >= 0.6 is 12.4 Å². The van der Waals surface area contributed by atoms with E-state index in [9.17, 15) is 9.59 Å². The molecule has 2 aliphatic heterocycles. The van der Waals surface area contributed by atoms with E-state index in [1.807, 2.05) is 23.2 Å². The normalized spacial score (nSPS) is 22.1. The van der Waals surface area contributed by atoms with Gasteiger partial charge in [-0.05, 0) is 55.8 Å². The molecule has 0 bridgehead atoms. The summed E-state index contributed by atoms with van der Waals surface area (Å²) in [5, 5.41) is 7.31. The molecule has 2 aromatic rings. The van der Waals surface area contributed by atoms with Crippen LogP contribution in [0.5, 0.6) is 0 Å². The van der Waals surface area contributed by atoms with Crippen LogP contribution in [0, 0.1) is 5.92 Å². The smallest absolute Gasteiger partial charge is 0.237 e. The first-order chi connectivity index (χ1) is 13.2. The van der Waals surface area contributed by atoms with E-state index in [4.69, 9.17) is 0 Å². The predicted molar refractivity (Wildman–Crippen MR) is 110 cm³/mol. The summed E-state index contributed by atoms with van der Waals surface area (Å²) in [6.45, 7) is 3.09. The molecule has 4 rings (SSSR count). The summed E-state index contributed by atoms with van der Waals surface area (Å²) in [5.74, 6) is 0.577. The Balaban J connectivity index is 0.00000225. The maximum absolute atomic E-state index is 12.8. The maximum atomic E-state index is 12.8. The number of hydrogen-bond acceptors (Lipinski definition) is 4. The molecule has 0 saturated carbocycles. The van der Waals surface area contributed by atoms with Gasteiger partial charge in [-0.3, -0.25) is 9.59 Å². The number of aromatic nitrogens is 2. The average Bonchev–Trinajstić information content (AvgIpc) is 3.37. The topological polar surface area (TPSA) is 90.1 Å². The summed E-state index contributed by atoms with van der Waals surface area (Å²) in [7, 11) is 0. The lowest BCUT2D eigenvalue weighted by Gasteiger charge is -2.33. The number of nitrogens with one attached hydrogen (secondary N) is 3. The molecule has 2 aliphatic rings. The quantitative estimate of drug-likeness (QED) is 0.705. The fourth-order valence-corrected chi connectivity index (χ4v) is 4.17. The van der Waals surface area contributed by atoms with E-state index in [-0.39, 0.29) is 30.3 Å². The van der Waals surface area contributed by atoms with Crippen LogP contribution in [0.25, 0.3) is 11.0 Å². The van der Waals surface area contributed by atoms with Crippen molar-refractivity contribution in [3.8, 4) is 0 Å². The predicted octanol–water partition coefficient (Wildman–Crippen LogP) is 1.63. The Bertz CT molecular complexity index is 818. The molecule has 0 radical (unpaired) electrons. The van der Waals surface area contributed by atoms with Gasteiger partial charge in [0, 0.05) is 37.4 Å². The van der Waals surface area contributed by atoms with Gasteiger partial charge in [-0.15, -0.1) is 12.4 Å². The zero-order valence-corrected chi connectivity index (χ0v) is 16.8. The third kappa shape index (κ3) is 4.64. The molecule has 4 heterocycles. The van der Waals surface area contributed by atoms with Crippen LogP contribution in [0.15, 0.2) is 24.5 Å². The highest BCUT2D eigenvalue weighted by molar-refractivity contribution is 5.87. The lowest BCUT2D eigenvalue weighted by molar-refractivity contribution is -0.132. The fourth-order valence-electron chi connectivity index (χ4n) is 4.17. The number of halogens is 1. The maximum Gasteiger partial charge on any atom is 0.237 e. The monoisotopic (exact) mass is 405 g/mol. The van der Waals surface area contributed by atoms with Crippen molar-refractivity contribution in [3.63, 3.8) is 0 Å². The first kappa shape index (κ1) is 20.6. The number of carbonyl (C=O) groups is 2. The second-order valence-corrected chi connectivity index (χ2v) is 7.63. The second-order valence-electron chi connectivity index (χ2n) is 7.63. The third-order valence-electron chi connectivity index (χ3n) is 5.69. The molecule has 3 N–H and O–H groups in total. The van der Waals surface area contributed by atoms with E-state index in [0.717, 1.165) is 61.9 Å². The van der Waals surface area contributed by atoms with E-state index in [1.54, 1.807) is 6.20 Å². The van der Waals surface area contributed by atoms with Crippen LogP contribution in [0.4, 0.5) is 0 Å². The summed E-state index contributed by atoms with van der Waals surface area (Å²) in [5.41, 5.74) is 1.81. The second kappa shape index (κ2) is 9.39. The molecule has 8 heteroatoms. The molecule has 28 heavy (non-hydrogen) atoms. The third-order valence-corrected chi connectivity index (χ3v) is 5.69. The summed E-state index contributed by atoms with van der Waals surface area (Å²) >= 11 is 0. The highest BCUT2D eigenvalue weighted by atomic mass is 35.5. The molecule has 0 aromatic carbocycles. The number of fused-ring (bicyclic) bond motifs is 1.